The normalized spacial score (nSPS) is 20.1. The minimum atomic E-state index is -0.208. The molecule has 2 rings (SSSR count). The van der Waals surface area contributed by atoms with Crippen molar-refractivity contribution < 1.29 is 9.53 Å². The lowest BCUT2D eigenvalue weighted by atomic mass is 9.93. The fraction of sp³-hybridized carbons (Fsp3) is 0.400. The first-order chi connectivity index (χ1) is 8.15. The van der Waals surface area contributed by atoms with Crippen LogP contribution in [0.4, 0.5) is 0 Å². The molecule has 17 heavy (non-hydrogen) atoms. The third-order valence-electron chi connectivity index (χ3n) is 2.87. The van der Waals surface area contributed by atoms with Crippen LogP contribution in [0, 0.1) is 5.92 Å². The van der Waals surface area contributed by atoms with Crippen LogP contribution in [0.25, 0.3) is 0 Å². The average molecular weight is 230 g/mol. The van der Waals surface area contributed by atoms with Gasteiger partial charge in [0.2, 0.25) is 0 Å². The molecule has 0 radical (unpaired) electrons. The summed E-state index contributed by atoms with van der Waals surface area (Å²) in [5.41, 5.74) is 2.28. The zero-order valence-electron chi connectivity index (χ0n) is 10.3. The summed E-state index contributed by atoms with van der Waals surface area (Å²) >= 11 is 0. The van der Waals surface area contributed by atoms with Crippen molar-refractivity contribution in [2.24, 2.45) is 5.92 Å². The second-order valence-electron chi connectivity index (χ2n) is 4.94. The number of rotatable bonds is 3. The molecule has 1 aliphatic rings. The van der Waals surface area contributed by atoms with E-state index in [2.05, 4.69) is 13.8 Å². The van der Waals surface area contributed by atoms with Crippen LogP contribution >= 0.6 is 0 Å². The minimum Gasteiger partial charge on any atom is -0.454 e. The maximum Gasteiger partial charge on any atom is 0.331 e. The van der Waals surface area contributed by atoms with Gasteiger partial charge in [0.15, 0.2) is 0 Å². The quantitative estimate of drug-likeness (QED) is 0.741. The van der Waals surface area contributed by atoms with Gasteiger partial charge in [-0.3, -0.25) is 0 Å². The van der Waals surface area contributed by atoms with E-state index in [1.807, 2.05) is 30.3 Å². The van der Waals surface area contributed by atoms with Crippen LogP contribution in [0.2, 0.25) is 0 Å². The Labute approximate surface area is 102 Å². The van der Waals surface area contributed by atoms with E-state index in [0.29, 0.717) is 5.92 Å². The molecule has 90 valence electrons. The largest absolute Gasteiger partial charge is 0.454 e. The maximum atomic E-state index is 11.5. The van der Waals surface area contributed by atoms with Crippen molar-refractivity contribution in [1.82, 2.24) is 0 Å². The Kier molecular flexibility index (Phi) is 3.62. The predicted molar refractivity (Wildman–Crippen MR) is 67.4 cm³/mol. The molecule has 0 bridgehead atoms. The van der Waals surface area contributed by atoms with Crippen LogP contribution in [0.3, 0.4) is 0 Å². The van der Waals surface area contributed by atoms with Crippen molar-refractivity contribution in [2.75, 3.05) is 0 Å². The summed E-state index contributed by atoms with van der Waals surface area (Å²) in [6.07, 6.45) is 3.34. The van der Waals surface area contributed by atoms with Crippen molar-refractivity contribution in [3.8, 4) is 0 Å². The lowest BCUT2D eigenvalue weighted by Gasteiger charge is -2.24. The second-order valence-corrected chi connectivity index (χ2v) is 4.94. The van der Waals surface area contributed by atoms with Crippen LogP contribution < -0.4 is 0 Å². The number of hydrogen-bond donors (Lipinski definition) is 0. The average Bonchev–Trinajstić information content (AvgIpc) is 2.28. The van der Waals surface area contributed by atoms with Crippen molar-refractivity contribution in [2.45, 2.75) is 32.8 Å². The van der Waals surface area contributed by atoms with Crippen LogP contribution in [0.15, 0.2) is 42.0 Å². The summed E-state index contributed by atoms with van der Waals surface area (Å²) in [5.74, 6) is 0.365. The maximum absolute atomic E-state index is 11.5. The molecule has 0 saturated carbocycles. The Hall–Kier alpha value is -1.57. The Bertz CT molecular complexity index is 418. The van der Waals surface area contributed by atoms with E-state index in [1.54, 1.807) is 6.08 Å². The molecule has 2 nitrogen and oxygen atoms in total. The Morgan fingerprint density at radius 1 is 1.29 bits per heavy atom. The molecule has 0 unspecified atom stereocenters. The summed E-state index contributed by atoms with van der Waals surface area (Å²) in [6.45, 7) is 4.33. The van der Waals surface area contributed by atoms with Crippen LogP contribution in [0.5, 0.6) is 0 Å². The van der Waals surface area contributed by atoms with Gasteiger partial charge in [-0.2, -0.15) is 0 Å². The highest BCUT2D eigenvalue weighted by molar-refractivity contribution is 5.84. The van der Waals surface area contributed by atoms with Gasteiger partial charge in [0.05, 0.1) is 0 Å². The molecule has 0 aliphatic carbocycles. The molecule has 1 aliphatic heterocycles. The van der Waals surface area contributed by atoms with E-state index >= 15 is 0 Å². The van der Waals surface area contributed by atoms with E-state index in [1.165, 1.54) is 5.57 Å². The SMILES string of the molecule is CC(C)CC1=CC(=O)O[C@@H](c2ccccc2)C1. The monoisotopic (exact) mass is 230 g/mol. The van der Waals surface area contributed by atoms with Crippen LogP contribution in [-0.2, 0) is 9.53 Å². The van der Waals surface area contributed by atoms with Gasteiger partial charge in [0, 0.05) is 12.5 Å². The smallest absolute Gasteiger partial charge is 0.331 e. The first-order valence-corrected chi connectivity index (χ1v) is 6.10. The number of ether oxygens (including phenoxy) is 1. The lowest BCUT2D eigenvalue weighted by molar-refractivity contribution is -0.144. The number of carbonyl (C=O) groups excluding carboxylic acids is 1. The molecule has 1 atom stereocenters. The van der Waals surface area contributed by atoms with Crippen molar-refractivity contribution in [1.29, 1.82) is 0 Å². The van der Waals surface area contributed by atoms with Gasteiger partial charge in [-0.05, 0) is 17.9 Å². The molecular weight excluding hydrogens is 212 g/mol. The molecule has 0 aromatic heterocycles. The van der Waals surface area contributed by atoms with Gasteiger partial charge in [-0.25, -0.2) is 4.79 Å². The van der Waals surface area contributed by atoms with Crippen LogP contribution in [-0.4, -0.2) is 5.97 Å². The fourth-order valence-electron chi connectivity index (χ4n) is 2.20. The molecule has 0 amide bonds. The predicted octanol–water partition coefficient (Wildman–Crippen LogP) is 3.65. The second kappa shape index (κ2) is 5.17. The standard InChI is InChI=1S/C15H18O2/c1-11(2)8-12-9-14(17-15(16)10-12)13-6-4-3-5-7-13/h3-7,10-11,14H,8-9H2,1-2H3/t14-/m1/s1. The number of hydrogen-bond acceptors (Lipinski definition) is 2. The van der Waals surface area contributed by atoms with E-state index in [-0.39, 0.29) is 12.1 Å². The third-order valence-corrected chi connectivity index (χ3v) is 2.87. The summed E-state index contributed by atoms with van der Waals surface area (Å²) in [5, 5.41) is 0. The van der Waals surface area contributed by atoms with Gasteiger partial charge >= 0.3 is 5.97 Å². The topological polar surface area (TPSA) is 26.3 Å². The number of esters is 1. The van der Waals surface area contributed by atoms with Gasteiger partial charge in [-0.1, -0.05) is 49.8 Å². The van der Waals surface area contributed by atoms with E-state index in [0.717, 1.165) is 18.4 Å². The molecule has 0 spiro atoms. The Balaban J connectivity index is 2.13. The highest BCUT2D eigenvalue weighted by Crippen LogP contribution is 2.31. The summed E-state index contributed by atoms with van der Waals surface area (Å²) in [7, 11) is 0. The van der Waals surface area contributed by atoms with Crippen molar-refractivity contribution in [3.63, 3.8) is 0 Å². The highest BCUT2D eigenvalue weighted by atomic mass is 16.5. The summed E-state index contributed by atoms with van der Waals surface area (Å²) in [6, 6.07) is 9.94. The first-order valence-electron chi connectivity index (χ1n) is 6.10. The lowest BCUT2D eigenvalue weighted by Crippen LogP contribution is -2.16. The zero-order valence-corrected chi connectivity index (χ0v) is 10.3. The number of carbonyl (C=O) groups is 1. The van der Waals surface area contributed by atoms with E-state index in [4.69, 9.17) is 4.74 Å². The highest BCUT2D eigenvalue weighted by Gasteiger charge is 2.23. The fourth-order valence-corrected chi connectivity index (χ4v) is 2.20. The molecular formula is C15H18O2. The molecule has 1 aromatic carbocycles. The van der Waals surface area contributed by atoms with Crippen molar-refractivity contribution in [3.05, 3.63) is 47.5 Å². The molecule has 0 N–H and O–H groups in total. The third kappa shape index (κ3) is 3.19. The Morgan fingerprint density at radius 3 is 2.65 bits per heavy atom. The Morgan fingerprint density at radius 2 is 2.00 bits per heavy atom. The van der Waals surface area contributed by atoms with E-state index < -0.39 is 0 Å². The van der Waals surface area contributed by atoms with Gasteiger partial charge in [0.25, 0.3) is 0 Å². The molecule has 2 heteroatoms. The number of benzene rings is 1. The van der Waals surface area contributed by atoms with Gasteiger partial charge in [0.1, 0.15) is 6.10 Å². The molecule has 0 saturated heterocycles. The van der Waals surface area contributed by atoms with E-state index in [9.17, 15) is 4.79 Å². The number of cyclic esters (lactones) is 1. The van der Waals surface area contributed by atoms with Crippen molar-refractivity contribution >= 4 is 5.97 Å². The summed E-state index contributed by atoms with van der Waals surface area (Å²) < 4.78 is 5.37. The summed E-state index contributed by atoms with van der Waals surface area (Å²) in [4.78, 5) is 11.5. The van der Waals surface area contributed by atoms with Gasteiger partial charge in [-0.15, -0.1) is 0 Å². The molecule has 1 heterocycles. The first kappa shape index (κ1) is 11.9. The van der Waals surface area contributed by atoms with Gasteiger partial charge < -0.3 is 4.74 Å². The van der Waals surface area contributed by atoms with Crippen LogP contribution in [0.1, 0.15) is 38.4 Å². The molecule has 0 fully saturated rings. The molecule has 1 aromatic rings. The minimum absolute atomic E-state index is 0.109. The zero-order chi connectivity index (χ0) is 12.3.